The number of sulfonamides is 1. The fourth-order valence-corrected chi connectivity index (χ4v) is 4.13. The average Bonchev–Trinajstić information content (AvgIpc) is 2.59. The van der Waals surface area contributed by atoms with Crippen molar-refractivity contribution < 1.29 is 8.42 Å². The highest BCUT2D eigenvalue weighted by Crippen LogP contribution is 2.14. The quantitative estimate of drug-likeness (QED) is 0.192. The number of hydrogen-bond donors (Lipinski definition) is 0. The molecule has 0 saturated heterocycles. The summed E-state index contributed by atoms with van der Waals surface area (Å²) in [6.07, 6.45) is 26.4. The van der Waals surface area contributed by atoms with Crippen LogP contribution in [-0.4, -0.2) is 14.2 Å². The fourth-order valence-electron chi connectivity index (χ4n) is 3.55. The van der Waals surface area contributed by atoms with Crippen molar-refractivity contribution in [1.29, 1.82) is 0 Å². The molecule has 0 aromatic carbocycles. The van der Waals surface area contributed by atoms with Gasteiger partial charge in [0.1, 0.15) is 0 Å². The molecule has 0 aliphatic carbocycles. The van der Waals surface area contributed by atoms with Gasteiger partial charge >= 0.3 is 0 Å². The topological polar surface area (TPSA) is 57.9 Å². The molecule has 0 fully saturated rings. The van der Waals surface area contributed by atoms with Gasteiger partial charge in [0.05, 0.1) is 5.75 Å². The molecule has 1 radical (unpaired) electrons. The highest BCUT2D eigenvalue weighted by molar-refractivity contribution is 7.88. The highest BCUT2D eigenvalue weighted by Gasteiger charge is 2.02. The Morgan fingerprint density at radius 1 is 0.462 bits per heavy atom. The Morgan fingerprint density at radius 2 is 0.692 bits per heavy atom. The van der Waals surface area contributed by atoms with Crippen molar-refractivity contribution in [1.82, 2.24) is 5.14 Å². The van der Waals surface area contributed by atoms with Crippen LogP contribution in [0.15, 0.2) is 0 Å². The van der Waals surface area contributed by atoms with Gasteiger partial charge in [0.15, 0.2) is 0 Å². The first-order valence-corrected chi connectivity index (χ1v) is 13.2. The van der Waals surface area contributed by atoms with Gasteiger partial charge in [-0.1, -0.05) is 129 Å². The summed E-state index contributed by atoms with van der Waals surface area (Å²) in [6.45, 7) is 2.28. The van der Waals surface area contributed by atoms with Gasteiger partial charge in [-0.3, -0.25) is 0 Å². The van der Waals surface area contributed by atoms with Gasteiger partial charge in [-0.05, 0) is 6.42 Å². The van der Waals surface area contributed by atoms with Crippen molar-refractivity contribution in [2.24, 2.45) is 0 Å². The van der Waals surface area contributed by atoms with Gasteiger partial charge in [0.2, 0.25) is 10.0 Å². The molecule has 0 spiro atoms. The first-order chi connectivity index (χ1) is 12.6. The van der Waals surface area contributed by atoms with Crippen LogP contribution in [0.2, 0.25) is 0 Å². The van der Waals surface area contributed by atoms with E-state index in [9.17, 15) is 8.42 Å². The second-order valence-corrected chi connectivity index (χ2v) is 9.67. The Hall–Kier alpha value is -0.0900. The van der Waals surface area contributed by atoms with E-state index in [4.69, 9.17) is 5.14 Å². The van der Waals surface area contributed by atoms with Crippen LogP contribution in [-0.2, 0) is 10.0 Å². The summed E-state index contributed by atoms with van der Waals surface area (Å²) < 4.78 is 21.4. The summed E-state index contributed by atoms with van der Waals surface area (Å²) in [5.74, 6) is 0.0337. The number of unbranched alkanes of at least 4 members (excludes halogenated alkanes) is 19. The van der Waals surface area contributed by atoms with E-state index in [0.29, 0.717) is 6.42 Å². The minimum atomic E-state index is -3.50. The van der Waals surface area contributed by atoms with Crippen LogP contribution in [0, 0.1) is 0 Å². The van der Waals surface area contributed by atoms with Crippen LogP contribution >= 0.6 is 0 Å². The van der Waals surface area contributed by atoms with Crippen molar-refractivity contribution in [2.45, 2.75) is 135 Å². The predicted molar refractivity (Wildman–Crippen MR) is 115 cm³/mol. The van der Waals surface area contributed by atoms with Gasteiger partial charge < -0.3 is 0 Å². The Bertz CT molecular complexity index is 368. The van der Waals surface area contributed by atoms with Gasteiger partial charge in [-0.2, -0.15) is 0 Å². The zero-order valence-electron chi connectivity index (χ0n) is 17.6. The predicted octanol–water partition coefficient (Wildman–Crippen LogP) is 7.42. The molecule has 26 heavy (non-hydrogen) atoms. The molecule has 157 valence electrons. The molecular formula is C22H46NO2S. The molecule has 0 heterocycles. The van der Waals surface area contributed by atoms with Gasteiger partial charge in [0, 0.05) is 0 Å². The van der Waals surface area contributed by atoms with Crippen molar-refractivity contribution >= 4 is 10.0 Å². The molecule has 0 unspecified atom stereocenters. The third kappa shape index (κ3) is 23.9. The highest BCUT2D eigenvalue weighted by atomic mass is 32.2. The lowest BCUT2D eigenvalue weighted by molar-refractivity contribution is 0.522. The molecule has 1 N–H and O–H groups in total. The molecule has 0 saturated carbocycles. The summed E-state index contributed by atoms with van der Waals surface area (Å²) in [6, 6.07) is 0. The summed E-state index contributed by atoms with van der Waals surface area (Å²) in [5, 5.41) is 6.81. The summed E-state index contributed by atoms with van der Waals surface area (Å²) >= 11 is 0. The van der Waals surface area contributed by atoms with Gasteiger partial charge in [-0.15, -0.1) is 5.14 Å². The molecule has 0 aromatic heterocycles. The van der Waals surface area contributed by atoms with Gasteiger partial charge in [0.25, 0.3) is 0 Å². The van der Waals surface area contributed by atoms with E-state index in [-0.39, 0.29) is 5.75 Å². The van der Waals surface area contributed by atoms with E-state index < -0.39 is 10.0 Å². The molecule has 0 aliphatic rings. The standard InChI is InChI=1S/C22H46NO2S/c1-2-3-4-5-6-7-8-9-10-11-12-13-14-15-16-17-18-19-20-21-22-26(23,24)25/h23H,2-22H2,1H3. The molecule has 3 nitrogen and oxygen atoms in total. The SMILES string of the molecule is CCCCCCCCCCCCCCCCCCCCCCS([NH])(=O)=O. The van der Waals surface area contributed by atoms with Crippen LogP contribution in [0.1, 0.15) is 135 Å². The molecule has 0 bridgehead atoms. The lowest BCUT2D eigenvalue weighted by atomic mass is 10.0. The Balaban J connectivity index is 3.03. The summed E-state index contributed by atoms with van der Waals surface area (Å²) in [4.78, 5) is 0. The summed E-state index contributed by atoms with van der Waals surface area (Å²) in [7, 11) is -3.50. The van der Waals surface area contributed by atoms with E-state index in [1.165, 1.54) is 109 Å². The Labute approximate surface area is 165 Å². The van der Waals surface area contributed by atoms with Crippen molar-refractivity contribution in [3.63, 3.8) is 0 Å². The first kappa shape index (κ1) is 25.9. The molecular weight excluding hydrogens is 342 g/mol. The molecule has 4 heteroatoms. The monoisotopic (exact) mass is 388 g/mol. The largest absolute Gasteiger partial charge is 0.225 e. The first-order valence-electron chi connectivity index (χ1n) is 11.5. The van der Waals surface area contributed by atoms with Crippen LogP contribution < -0.4 is 5.14 Å². The van der Waals surface area contributed by atoms with Crippen LogP contribution in [0.25, 0.3) is 0 Å². The van der Waals surface area contributed by atoms with E-state index in [2.05, 4.69) is 6.92 Å². The Morgan fingerprint density at radius 3 is 0.923 bits per heavy atom. The smallest absolute Gasteiger partial charge is 0.211 e. The van der Waals surface area contributed by atoms with Crippen molar-refractivity contribution in [3.05, 3.63) is 0 Å². The zero-order valence-corrected chi connectivity index (χ0v) is 18.4. The Kier molecular flexibility index (Phi) is 19.6. The minimum absolute atomic E-state index is 0.0337. The second kappa shape index (κ2) is 19.7. The summed E-state index contributed by atoms with van der Waals surface area (Å²) in [5.41, 5.74) is 0. The van der Waals surface area contributed by atoms with Crippen LogP contribution in [0.3, 0.4) is 0 Å². The maximum absolute atomic E-state index is 10.7. The van der Waals surface area contributed by atoms with E-state index in [1.54, 1.807) is 0 Å². The van der Waals surface area contributed by atoms with Crippen molar-refractivity contribution in [3.8, 4) is 0 Å². The average molecular weight is 389 g/mol. The molecule has 0 atom stereocenters. The molecule has 0 rings (SSSR count). The number of rotatable bonds is 21. The van der Waals surface area contributed by atoms with Gasteiger partial charge in [-0.25, -0.2) is 8.42 Å². The molecule has 0 aromatic rings. The lowest BCUT2D eigenvalue weighted by Crippen LogP contribution is -2.05. The van der Waals surface area contributed by atoms with Crippen LogP contribution in [0.5, 0.6) is 0 Å². The zero-order chi connectivity index (χ0) is 19.3. The third-order valence-electron chi connectivity index (χ3n) is 5.27. The van der Waals surface area contributed by atoms with Crippen molar-refractivity contribution in [2.75, 3.05) is 5.75 Å². The number of nitrogens with one attached hydrogen (secondary N) is 1. The molecule has 0 aliphatic heterocycles. The van der Waals surface area contributed by atoms with E-state index in [0.717, 1.165) is 12.8 Å². The normalized spacial score (nSPS) is 11.9. The maximum atomic E-state index is 10.7. The van der Waals surface area contributed by atoms with E-state index >= 15 is 0 Å². The lowest BCUT2D eigenvalue weighted by Gasteiger charge is -2.04. The molecule has 0 amide bonds. The van der Waals surface area contributed by atoms with E-state index in [1.807, 2.05) is 0 Å². The third-order valence-corrected chi connectivity index (χ3v) is 6.09. The minimum Gasteiger partial charge on any atom is -0.211 e. The van der Waals surface area contributed by atoms with Crippen LogP contribution in [0.4, 0.5) is 0 Å². The number of hydrogen-bond acceptors (Lipinski definition) is 2. The fraction of sp³-hybridized carbons (Fsp3) is 1.00. The maximum Gasteiger partial charge on any atom is 0.225 e. The second-order valence-electron chi connectivity index (χ2n) is 8.04.